The molecule has 1 saturated heterocycles. The number of nitriles is 1. The predicted molar refractivity (Wildman–Crippen MR) is 112 cm³/mol. The minimum Gasteiger partial charge on any atom is -0.489 e. The second kappa shape index (κ2) is 9.80. The maximum Gasteiger partial charge on any atom is 0.137 e. The van der Waals surface area contributed by atoms with E-state index in [2.05, 4.69) is 29.5 Å². The lowest BCUT2D eigenvalue weighted by atomic mass is 9.96. The van der Waals surface area contributed by atoms with Gasteiger partial charge in [-0.15, -0.1) is 0 Å². The zero-order valence-corrected chi connectivity index (χ0v) is 16.5. The zero-order chi connectivity index (χ0) is 20.6. The van der Waals surface area contributed by atoms with Gasteiger partial charge in [0.25, 0.3) is 0 Å². The molecule has 0 atom stereocenters. The van der Waals surface area contributed by atoms with Gasteiger partial charge in [0.2, 0.25) is 0 Å². The van der Waals surface area contributed by atoms with Gasteiger partial charge in [-0.2, -0.15) is 5.26 Å². The molecule has 5 nitrogen and oxygen atoms in total. The van der Waals surface area contributed by atoms with Crippen LogP contribution in [0.2, 0.25) is 0 Å². The van der Waals surface area contributed by atoms with Crippen molar-refractivity contribution >= 4 is 5.57 Å². The van der Waals surface area contributed by atoms with Gasteiger partial charge in [-0.25, -0.2) is 0 Å². The zero-order valence-electron chi connectivity index (χ0n) is 16.5. The van der Waals surface area contributed by atoms with E-state index in [-0.39, 0.29) is 12.7 Å². The van der Waals surface area contributed by atoms with Crippen molar-refractivity contribution < 1.29 is 14.6 Å². The number of aromatic nitrogens is 1. The van der Waals surface area contributed by atoms with Crippen molar-refractivity contribution in [1.29, 1.82) is 5.26 Å². The summed E-state index contributed by atoms with van der Waals surface area (Å²) < 4.78 is 11.4. The van der Waals surface area contributed by atoms with Crippen LogP contribution in [0.1, 0.15) is 40.9 Å². The minimum atomic E-state index is -0.192. The van der Waals surface area contributed by atoms with Crippen LogP contribution in [0.15, 0.2) is 43.0 Å². The molecule has 1 aromatic carbocycles. The largest absolute Gasteiger partial charge is 0.489 e. The first kappa shape index (κ1) is 20.5. The molecule has 1 aromatic heterocycles. The van der Waals surface area contributed by atoms with Crippen molar-refractivity contribution in [3.05, 3.63) is 71.1 Å². The van der Waals surface area contributed by atoms with Gasteiger partial charge in [0.1, 0.15) is 24.5 Å². The fourth-order valence-corrected chi connectivity index (χ4v) is 3.36. The van der Waals surface area contributed by atoms with Crippen LogP contribution in [0.25, 0.3) is 5.57 Å². The van der Waals surface area contributed by atoms with Gasteiger partial charge >= 0.3 is 0 Å². The molecular formula is C24H24N2O3. The van der Waals surface area contributed by atoms with E-state index in [9.17, 15) is 5.26 Å². The highest BCUT2D eigenvalue weighted by Gasteiger charge is 2.18. The summed E-state index contributed by atoms with van der Waals surface area (Å²) in [6.07, 6.45) is 5.36. The molecule has 0 bridgehead atoms. The average molecular weight is 388 g/mol. The first-order valence-electron chi connectivity index (χ1n) is 9.57. The first-order valence-corrected chi connectivity index (χ1v) is 9.57. The molecule has 1 fully saturated rings. The average Bonchev–Trinajstić information content (AvgIpc) is 3.11. The number of benzene rings is 1. The molecule has 29 heavy (non-hydrogen) atoms. The molecule has 3 rings (SSSR count). The van der Waals surface area contributed by atoms with Crippen molar-refractivity contribution in [3.63, 3.8) is 0 Å². The number of nitrogens with one attached hydrogen (secondary N) is 1. The van der Waals surface area contributed by atoms with Gasteiger partial charge in [-0.1, -0.05) is 30.7 Å². The third kappa shape index (κ3) is 4.97. The lowest BCUT2D eigenvalue weighted by Gasteiger charge is -2.24. The van der Waals surface area contributed by atoms with Crippen molar-refractivity contribution in [2.24, 2.45) is 0 Å². The van der Waals surface area contributed by atoms with Gasteiger partial charge in [0.15, 0.2) is 0 Å². The fraction of sp³-hybridized carbons (Fsp3) is 0.292. The molecule has 148 valence electrons. The predicted octanol–water partition coefficient (Wildman–Crippen LogP) is 3.71. The summed E-state index contributed by atoms with van der Waals surface area (Å²) in [4.78, 5) is 3.22. The molecule has 2 aromatic rings. The van der Waals surface area contributed by atoms with Crippen LogP contribution in [0.3, 0.4) is 0 Å². The van der Waals surface area contributed by atoms with E-state index in [1.807, 2.05) is 37.3 Å². The Morgan fingerprint density at radius 1 is 1.38 bits per heavy atom. The smallest absolute Gasteiger partial charge is 0.137 e. The van der Waals surface area contributed by atoms with E-state index in [1.165, 1.54) is 0 Å². The van der Waals surface area contributed by atoms with E-state index >= 15 is 0 Å². The fourth-order valence-electron chi connectivity index (χ4n) is 3.36. The van der Waals surface area contributed by atoms with Crippen molar-refractivity contribution in [3.8, 4) is 23.7 Å². The Bertz CT molecular complexity index is 1010. The van der Waals surface area contributed by atoms with E-state index < -0.39 is 0 Å². The van der Waals surface area contributed by atoms with E-state index in [0.717, 1.165) is 40.9 Å². The molecule has 1 aliphatic rings. The molecule has 1 aliphatic heterocycles. The second-order valence-electron chi connectivity index (χ2n) is 6.75. The van der Waals surface area contributed by atoms with Crippen LogP contribution in [-0.4, -0.2) is 36.0 Å². The third-order valence-corrected chi connectivity index (χ3v) is 4.76. The summed E-state index contributed by atoms with van der Waals surface area (Å²) in [5.41, 5.74) is 4.96. The summed E-state index contributed by atoms with van der Waals surface area (Å²) in [5.74, 6) is 6.13. The number of aliphatic hydroxyl groups excluding tert-OH is 1. The second-order valence-corrected chi connectivity index (χ2v) is 6.75. The number of H-pyrrole nitrogens is 1. The standard InChI is InChI=1S/C24H24N2O3/c1-3-5-22(23-15-20(6-4-11-27)26-17(23)2)18-7-8-24(19(14-18)16-25)29-21-9-12-28-13-10-21/h3,5,7-8,14-15,21,26-27H,1,9-13H2,2H3/b22-5-. The molecular weight excluding hydrogens is 364 g/mol. The highest BCUT2D eigenvalue weighted by atomic mass is 16.5. The van der Waals surface area contributed by atoms with E-state index in [1.54, 1.807) is 6.08 Å². The maximum atomic E-state index is 9.67. The molecule has 0 saturated carbocycles. The quantitative estimate of drug-likeness (QED) is 0.605. The number of aliphatic hydroxyl groups is 1. The summed E-state index contributed by atoms with van der Waals surface area (Å²) >= 11 is 0. The molecule has 0 amide bonds. The molecule has 0 spiro atoms. The Morgan fingerprint density at radius 2 is 2.17 bits per heavy atom. The number of aromatic amines is 1. The number of nitrogens with zero attached hydrogens (tertiary/aromatic N) is 1. The van der Waals surface area contributed by atoms with Crippen molar-refractivity contribution in [2.45, 2.75) is 25.9 Å². The Hall–Kier alpha value is -3.25. The van der Waals surface area contributed by atoms with Gasteiger partial charge in [0.05, 0.1) is 24.5 Å². The summed E-state index contributed by atoms with van der Waals surface area (Å²) in [7, 11) is 0. The number of ether oxygens (including phenoxy) is 2. The SMILES string of the molecule is C=C/C=C(/c1ccc(OC2CCOCC2)c(C#N)c1)c1cc(C#CCO)[nH]c1C. The summed E-state index contributed by atoms with van der Waals surface area (Å²) in [6.45, 7) is 6.97. The maximum absolute atomic E-state index is 9.67. The Balaban J connectivity index is 1.94. The monoisotopic (exact) mass is 388 g/mol. The summed E-state index contributed by atoms with van der Waals surface area (Å²) in [5, 5.41) is 18.6. The molecule has 2 heterocycles. The Labute approximate surface area is 171 Å². The van der Waals surface area contributed by atoms with Crippen LogP contribution in [0, 0.1) is 30.1 Å². The molecule has 2 N–H and O–H groups in total. The van der Waals surface area contributed by atoms with Gasteiger partial charge in [-0.3, -0.25) is 0 Å². The highest BCUT2D eigenvalue weighted by Crippen LogP contribution is 2.31. The molecule has 0 aliphatic carbocycles. The Kier molecular flexibility index (Phi) is 6.92. The van der Waals surface area contributed by atoms with E-state index in [4.69, 9.17) is 14.6 Å². The topological polar surface area (TPSA) is 78.3 Å². The van der Waals surface area contributed by atoms with Crippen LogP contribution in [0.4, 0.5) is 0 Å². The van der Waals surface area contributed by atoms with E-state index in [0.29, 0.717) is 24.5 Å². The number of hydrogen-bond donors (Lipinski definition) is 2. The first-order chi connectivity index (χ1) is 14.2. The number of allylic oxidation sites excluding steroid dienone is 2. The number of hydrogen-bond acceptors (Lipinski definition) is 4. The minimum absolute atomic E-state index is 0.0736. The van der Waals surface area contributed by atoms with Crippen LogP contribution >= 0.6 is 0 Å². The van der Waals surface area contributed by atoms with Gasteiger partial charge in [-0.05, 0) is 42.2 Å². The highest BCUT2D eigenvalue weighted by molar-refractivity contribution is 5.83. The van der Waals surface area contributed by atoms with Crippen LogP contribution in [-0.2, 0) is 4.74 Å². The van der Waals surface area contributed by atoms with Crippen molar-refractivity contribution in [2.75, 3.05) is 19.8 Å². The lowest BCUT2D eigenvalue weighted by molar-refractivity contribution is 0.0254. The van der Waals surface area contributed by atoms with Gasteiger partial charge < -0.3 is 19.6 Å². The number of rotatable bonds is 5. The molecule has 0 unspecified atom stereocenters. The van der Waals surface area contributed by atoms with Crippen LogP contribution in [0.5, 0.6) is 5.75 Å². The Morgan fingerprint density at radius 3 is 2.86 bits per heavy atom. The third-order valence-electron chi connectivity index (χ3n) is 4.76. The number of aryl methyl sites for hydroxylation is 1. The normalized spacial score (nSPS) is 14.6. The summed E-state index contributed by atoms with van der Waals surface area (Å²) in [6, 6.07) is 9.84. The van der Waals surface area contributed by atoms with Gasteiger partial charge in [0, 0.05) is 24.1 Å². The van der Waals surface area contributed by atoms with Crippen molar-refractivity contribution in [1.82, 2.24) is 4.98 Å². The van der Waals surface area contributed by atoms with Crippen LogP contribution < -0.4 is 4.74 Å². The lowest BCUT2D eigenvalue weighted by Crippen LogP contribution is -2.26. The molecule has 0 radical (unpaired) electrons. The molecule has 5 heteroatoms.